The molecule has 0 aliphatic carbocycles. The zero-order chi connectivity index (χ0) is 19.6. The summed E-state index contributed by atoms with van der Waals surface area (Å²) in [6.45, 7) is 2.81. The van der Waals surface area contributed by atoms with Crippen LogP contribution in [-0.4, -0.2) is 76.7 Å². The van der Waals surface area contributed by atoms with Crippen molar-refractivity contribution in [2.24, 2.45) is 5.10 Å². The van der Waals surface area contributed by atoms with Crippen molar-refractivity contribution < 1.29 is 28.5 Å². The van der Waals surface area contributed by atoms with Gasteiger partial charge in [-0.25, -0.2) is 10.2 Å². The lowest BCUT2D eigenvalue weighted by Crippen LogP contribution is -2.42. The molecule has 1 N–H and O–H groups in total. The molecule has 1 fully saturated rings. The van der Waals surface area contributed by atoms with Crippen LogP contribution in [0.4, 0.5) is 0 Å². The van der Waals surface area contributed by atoms with Crippen molar-refractivity contribution in [1.82, 2.24) is 10.3 Å². The van der Waals surface area contributed by atoms with Gasteiger partial charge in [0.05, 0.1) is 43.8 Å². The number of hydrazone groups is 1. The summed E-state index contributed by atoms with van der Waals surface area (Å²) in [7, 11) is 2.79. The Bertz CT molecular complexity index is 691. The number of amides is 1. The quantitative estimate of drug-likeness (QED) is 0.247. The summed E-state index contributed by atoms with van der Waals surface area (Å²) in [6.07, 6.45) is 1.52. The topological polar surface area (TPSA) is 98.7 Å². The van der Waals surface area contributed by atoms with Crippen molar-refractivity contribution in [1.29, 1.82) is 0 Å². The van der Waals surface area contributed by atoms with Gasteiger partial charge in [-0.15, -0.1) is 0 Å². The number of carbonyl (C=O) groups is 2. The second-order valence-corrected chi connectivity index (χ2v) is 6.74. The van der Waals surface area contributed by atoms with E-state index in [0.717, 1.165) is 16.7 Å². The van der Waals surface area contributed by atoms with Crippen molar-refractivity contribution in [2.45, 2.75) is 0 Å². The Morgan fingerprint density at radius 1 is 1.33 bits per heavy atom. The van der Waals surface area contributed by atoms with Gasteiger partial charge in [0.15, 0.2) is 18.1 Å². The fraction of sp³-hybridized carbons (Fsp3) is 0.471. The molecule has 27 heavy (non-hydrogen) atoms. The van der Waals surface area contributed by atoms with Gasteiger partial charge < -0.3 is 18.9 Å². The summed E-state index contributed by atoms with van der Waals surface area (Å²) in [6, 6.07) is 3.50. The van der Waals surface area contributed by atoms with Gasteiger partial charge >= 0.3 is 5.97 Å². The largest absolute Gasteiger partial charge is 0.493 e. The molecule has 1 aliphatic heterocycles. The van der Waals surface area contributed by atoms with E-state index in [0.29, 0.717) is 30.3 Å². The van der Waals surface area contributed by atoms with Crippen LogP contribution in [0.25, 0.3) is 0 Å². The van der Waals surface area contributed by atoms with Crippen molar-refractivity contribution in [3.8, 4) is 11.5 Å². The molecule has 1 aromatic rings. The molecular formula is C17H22IN3O6. The van der Waals surface area contributed by atoms with E-state index in [1.165, 1.54) is 20.4 Å². The minimum atomic E-state index is -0.485. The molecule has 0 unspecified atom stereocenters. The molecule has 10 heteroatoms. The van der Waals surface area contributed by atoms with E-state index in [4.69, 9.17) is 14.2 Å². The van der Waals surface area contributed by atoms with Crippen LogP contribution in [-0.2, 0) is 19.1 Å². The number of methoxy groups -OCH3 is 2. The number of carbonyl (C=O) groups excluding carboxylic acids is 2. The van der Waals surface area contributed by atoms with Crippen molar-refractivity contribution >= 4 is 40.7 Å². The minimum absolute atomic E-state index is 0.187. The number of esters is 1. The average molecular weight is 491 g/mol. The Hall–Kier alpha value is -1.92. The number of ether oxygens (including phenoxy) is 4. The van der Waals surface area contributed by atoms with Gasteiger partial charge in [-0.1, -0.05) is 0 Å². The molecule has 0 atom stereocenters. The molecule has 0 aromatic heterocycles. The summed E-state index contributed by atoms with van der Waals surface area (Å²) in [5.41, 5.74) is 3.23. The number of halogens is 1. The summed E-state index contributed by atoms with van der Waals surface area (Å²) >= 11 is 2.07. The number of benzene rings is 1. The molecule has 0 bridgehead atoms. The predicted octanol–water partition coefficient (Wildman–Crippen LogP) is 0.634. The molecule has 2 rings (SSSR count). The smallest absolute Gasteiger partial charge is 0.343 e. The molecule has 0 saturated carbocycles. The van der Waals surface area contributed by atoms with E-state index >= 15 is 0 Å². The highest BCUT2D eigenvalue weighted by Crippen LogP contribution is 2.33. The number of hydrogen-bond acceptors (Lipinski definition) is 8. The maximum atomic E-state index is 11.9. The first-order valence-electron chi connectivity index (χ1n) is 8.22. The Labute approximate surface area is 171 Å². The van der Waals surface area contributed by atoms with Gasteiger partial charge in [-0.3, -0.25) is 9.69 Å². The zero-order valence-electron chi connectivity index (χ0n) is 15.2. The van der Waals surface area contributed by atoms with Crippen molar-refractivity contribution in [3.63, 3.8) is 0 Å². The normalized spacial score (nSPS) is 14.8. The molecule has 9 nitrogen and oxygen atoms in total. The fourth-order valence-corrected chi connectivity index (χ4v) is 3.10. The SMILES string of the molecule is COC(=O)COc1c(I)cc(/C=N/NC(=O)CN2CCOCC2)cc1OC. The van der Waals surface area contributed by atoms with Crippen molar-refractivity contribution in [2.75, 3.05) is 53.7 Å². The molecule has 1 heterocycles. The van der Waals surface area contributed by atoms with Crippen LogP contribution in [0.15, 0.2) is 17.2 Å². The molecule has 148 valence electrons. The standard InChI is InChI=1S/C17H22IN3O6/c1-24-14-8-12(7-13(18)17(14)27-11-16(23)25-2)9-19-20-15(22)10-21-3-5-26-6-4-21/h7-9H,3-6,10-11H2,1-2H3,(H,20,22)/b19-9+. The van der Waals surface area contributed by atoms with Crippen LogP contribution in [0.2, 0.25) is 0 Å². The van der Waals surface area contributed by atoms with Gasteiger partial charge in [0.2, 0.25) is 0 Å². The maximum absolute atomic E-state index is 11.9. The van der Waals surface area contributed by atoms with Crippen LogP contribution in [0.1, 0.15) is 5.56 Å². The third kappa shape index (κ3) is 6.96. The Kier molecular flexibility index (Phi) is 8.75. The first-order chi connectivity index (χ1) is 13.0. The fourth-order valence-electron chi connectivity index (χ4n) is 2.32. The van der Waals surface area contributed by atoms with E-state index in [1.807, 2.05) is 4.90 Å². The number of hydrogen-bond donors (Lipinski definition) is 1. The zero-order valence-corrected chi connectivity index (χ0v) is 17.4. The highest BCUT2D eigenvalue weighted by molar-refractivity contribution is 14.1. The summed E-state index contributed by atoms with van der Waals surface area (Å²) in [5.74, 6) is 0.221. The van der Waals surface area contributed by atoms with Crippen LogP contribution >= 0.6 is 22.6 Å². The van der Waals surface area contributed by atoms with Crippen LogP contribution < -0.4 is 14.9 Å². The first-order valence-corrected chi connectivity index (χ1v) is 9.30. The molecule has 0 radical (unpaired) electrons. The van der Waals surface area contributed by atoms with Crippen molar-refractivity contribution in [3.05, 3.63) is 21.3 Å². The molecule has 0 spiro atoms. The second-order valence-electron chi connectivity index (χ2n) is 5.58. The molecular weight excluding hydrogens is 469 g/mol. The second kappa shape index (κ2) is 11.0. The van der Waals surface area contributed by atoms with E-state index in [2.05, 4.69) is 37.9 Å². The van der Waals surface area contributed by atoms with Crippen LogP contribution in [0.3, 0.4) is 0 Å². The average Bonchev–Trinajstić information content (AvgIpc) is 2.67. The Balaban J connectivity index is 1.95. The molecule has 1 aromatic carbocycles. The summed E-state index contributed by atoms with van der Waals surface area (Å²) in [5, 5.41) is 3.98. The van der Waals surface area contributed by atoms with E-state index in [1.54, 1.807) is 12.1 Å². The molecule has 1 amide bonds. The molecule has 1 saturated heterocycles. The van der Waals surface area contributed by atoms with Gasteiger partial charge in [0.25, 0.3) is 5.91 Å². The Morgan fingerprint density at radius 2 is 2.07 bits per heavy atom. The predicted molar refractivity (Wildman–Crippen MR) is 106 cm³/mol. The van der Waals surface area contributed by atoms with Gasteiger partial charge in [0, 0.05) is 13.1 Å². The highest BCUT2D eigenvalue weighted by Gasteiger charge is 2.14. The monoisotopic (exact) mass is 491 g/mol. The minimum Gasteiger partial charge on any atom is -0.493 e. The van der Waals surface area contributed by atoms with E-state index < -0.39 is 5.97 Å². The maximum Gasteiger partial charge on any atom is 0.343 e. The number of morpholine rings is 1. The van der Waals surface area contributed by atoms with Gasteiger partial charge in [0.1, 0.15) is 0 Å². The van der Waals surface area contributed by atoms with E-state index in [9.17, 15) is 9.59 Å². The number of nitrogens with zero attached hydrogens (tertiary/aromatic N) is 2. The van der Waals surface area contributed by atoms with Crippen LogP contribution in [0.5, 0.6) is 11.5 Å². The lowest BCUT2D eigenvalue weighted by molar-refractivity contribution is -0.143. The molecule has 1 aliphatic rings. The number of nitrogens with one attached hydrogen (secondary N) is 1. The van der Waals surface area contributed by atoms with E-state index in [-0.39, 0.29) is 19.1 Å². The summed E-state index contributed by atoms with van der Waals surface area (Å²) < 4.78 is 21.3. The summed E-state index contributed by atoms with van der Waals surface area (Å²) in [4.78, 5) is 25.2. The van der Waals surface area contributed by atoms with Crippen LogP contribution in [0, 0.1) is 3.57 Å². The Morgan fingerprint density at radius 3 is 2.74 bits per heavy atom. The number of rotatable bonds is 8. The third-order valence-electron chi connectivity index (χ3n) is 3.69. The third-order valence-corrected chi connectivity index (χ3v) is 4.49. The van der Waals surface area contributed by atoms with Gasteiger partial charge in [-0.2, -0.15) is 5.10 Å². The first kappa shape index (κ1) is 21.4. The lowest BCUT2D eigenvalue weighted by Gasteiger charge is -2.25. The van der Waals surface area contributed by atoms with Gasteiger partial charge in [-0.05, 0) is 40.3 Å². The highest BCUT2D eigenvalue weighted by atomic mass is 127. The lowest BCUT2D eigenvalue weighted by atomic mass is 10.2.